The number of nitrogens with one attached hydrogen (secondary N) is 1. The second-order valence-corrected chi connectivity index (χ2v) is 6.46. The third kappa shape index (κ3) is 4.38. The van der Waals surface area contributed by atoms with Gasteiger partial charge in [-0.3, -0.25) is 4.79 Å². The standard InChI is InChI=1S/C18H16Cl2N4O/c1-12(14-3-5-15(6-4-14)24-11-21-10-22-24)23-18(25)9-13-2-7-16(19)17(20)8-13/h2-8,10-12H,9H2,1H3,(H,23,25). The van der Waals surface area contributed by atoms with E-state index in [0.29, 0.717) is 10.0 Å². The Morgan fingerprint density at radius 3 is 2.56 bits per heavy atom. The van der Waals surface area contributed by atoms with E-state index in [0.717, 1.165) is 16.8 Å². The van der Waals surface area contributed by atoms with E-state index in [9.17, 15) is 4.79 Å². The summed E-state index contributed by atoms with van der Waals surface area (Å²) in [6, 6.07) is 12.9. The van der Waals surface area contributed by atoms with Gasteiger partial charge < -0.3 is 5.32 Å². The first-order chi connectivity index (χ1) is 12.0. The van der Waals surface area contributed by atoms with Crippen LogP contribution in [-0.2, 0) is 11.2 Å². The van der Waals surface area contributed by atoms with Gasteiger partial charge in [-0.1, -0.05) is 41.4 Å². The van der Waals surface area contributed by atoms with Crippen LogP contribution in [0.1, 0.15) is 24.1 Å². The van der Waals surface area contributed by atoms with Crippen molar-refractivity contribution in [3.63, 3.8) is 0 Å². The fourth-order valence-electron chi connectivity index (χ4n) is 2.47. The summed E-state index contributed by atoms with van der Waals surface area (Å²) in [5, 5.41) is 7.99. The molecule has 5 nitrogen and oxygen atoms in total. The molecule has 3 aromatic rings. The molecule has 25 heavy (non-hydrogen) atoms. The Morgan fingerprint density at radius 1 is 1.16 bits per heavy atom. The minimum absolute atomic E-state index is 0.0776. The lowest BCUT2D eigenvalue weighted by Gasteiger charge is -2.15. The van der Waals surface area contributed by atoms with Crippen LogP contribution in [-0.4, -0.2) is 20.7 Å². The van der Waals surface area contributed by atoms with Crippen LogP contribution in [0.4, 0.5) is 0 Å². The van der Waals surface area contributed by atoms with Crippen molar-refractivity contribution in [3.05, 3.63) is 76.3 Å². The molecule has 0 aliphatic carbocycles. The van der Waals surface area contributed by atoms with Crippen molar-refractivity contribution in [2.24, 2.45) is 0 Å². The van der Waals surface area contributed by atoms with E-state index in [1.165, 1.54) is 6.33 Å². The van der Waals surface area contributed by atoms with E-state index in [-0.39, 0.29) is 18.4 Å². The van der Waals surface area contributed by atoms with E-state index in [2.05, 4.69) is 15.4 Å². The molecular formula is C18H16Cl2N4O. The van der Waals surface area contributed by atoms with Crippen molar-refractivity contribution >= 4 is 29.1 Å². The largest absolute Gasteiger partial charge is 0.349 e. The molecule has 1 N–H and O–H groups in total. The number of carbonyl (C=O) groups is 1. The third-order valence-corrected chi connectivity index (χ3v) is 4.54. The van der Waals surface area contributed by atoms with Crippen LogP contribution in [0.2, 0.25) is 10.0 Å². The van der Waals surface area contributed by atoms with E-state index in [1.54, 1.807) is 29.2 Å². The SMILES string of the molecule is CC(NC(=O)Cc1ccc(Cl)c(Cl)c1)c1ccc(-n2cncn2)cc1. The maximum Gasteiger partial charge on any atom is 0.224 e. The van der Waals surface area contributed by atoms with E-state index >= 15 is 0 Å². The topological polar surface area (TPSA) is 59.8 Å². The molecule has 1 atom stereocenters. The summed E-state index contributed by atoms with van der Waals surface area (Å²) in [4.78, 5) is 16.2. The monoisotopic (exact) mass is 374 g/mol. The Kier molecular flexibility index (Phi) is 5.36. The van der Waals surface area contributed by atoms with Crippen LogP contribution in [0, 0.1) is 0 Å². The molecule has 1 heterocycles. The van der Waals surface area contributed by atoms with Crippen molar-refractivity contribution < 1.29 is 4.79 Å². The second-order valence-electron chi connectivity index (χ2n) is 5.65. The number of hydrogen-bond acceptors (Lipinski definition) is 3. The number of benzene rings is 2. The summed E-state index contributed by atoms with van der Waals surface area (Å²) in [5.74, 6) is -0.0776. The molecule has 1 unspecified atom stereocenters. The van der Waals surface area contributed by atoms with Gasteiger partial charge in [0.1, 0.15) is 12.7 Å². The summed E-state index contributed by atoms with van der Waals surface area (Å²) in [5.41, 5.74) is 2.74. The highest BCUT2D eigenvalue weighted by molar-refractivity contribution is 6.42. The lowest BCUT2D eigenvalue weighted by atomic mass is 10.1. The number of hydrogen-bond donors (Lipinski definition) is 1. The molecule has 0 saturated carbocycles. The van der Waals surface area contributed by atoms with E-state index in [1.807, 2.05) is 31.2 Å². The molecule has 128 valence electrons. The van der Waals surface area contributed by atoms with Crippen molar-refractivity contribution in [3.8, 4) is 5.69 Å². The molecule has 1 aromatic heterocycles. The Morgan fingerprint density at radius 2 is 1.92 bits per heavy atom. The average molecular weight is 375 g/mol. The summed E-state index contributed by atoms with van der Waals surface area (Å²) in [6.45, 7) is 1.94. The van der Waals surface area contributed by atoms with E-state index in [4.69, 9.17) is 23.2 Å². The number of carbonyl (C=O) groups excluding carboxylic acids is 1. The zero-order chi connectivity index (χ0) is 17.8. The summed E-state index contributed by atoms with van der Waals surface area (Å²) < 4.78 is 1.68. The normalized spacial score (nSPS) is 12.0. The molecule has 3 rings (SSSR count). The van der Waals surface area contributed by atoms with Gasteiger partial charge >= 0.3 is 0 Å². The summed E-state index contributed by atoms with van der Waals surface area (Å²) >= 11 is 11.9. The van der Waals surface area contributed by atoms with E-state index < -0.39 is 0 Å². The molecule has 1 amide bonds. The smallest absolute Gasteiger partial charge is 0.224 e. The predicted molar refractivity (Wildman–Crippen MR) is 98.1 cm³/mol. The first kappa shape index (κ1) is 17.5. The first-order valence-electron chi connectivity index (χ1n) is 7.71. The molecule has 0 bridgehead atoms. The molecule has 0 spiro atoms. The maximum atomic E-state index is 12.2. The first-order valence-corrected chi connectivity index (χ1v) is 8.47. The Bertz CT molecular complexity index is 863. The Labute approximate surface area is 155 Å². The fraction of sp³-hybridized carbons (Fsp3) is 0.167. The molecule has 2 aromatic carbocycles. The highest BCUT2D eigenvalue weighted by atomic mass is 35.5. The van der Waals surface area contributed by atoms with Gasteiger partial charge in [0.2, 0.25) is 5.91 Å². The lowest BCUT2D eigenvalue weighted by molar-refractivity contribution is -0.121. The van der Waals surface area contributed by atoms with Crippen molar-refractivity contribution in [1.82, 2.24) is 20.1 Å². The molecule has 7 heteroatoms. The van der Waals surface area contributed by atoms with Crippen molar-refractivity contribution in [2.75, 3.05) is 0 Å². The van der Waals surface area contributed by atoms with Crippen LogP contribution < -0.4 is 5.32 Å². The highest BCUT2D eigenvalue weighted by Gasteiger charge is 2.11. The third-order valence-electron chi connectivity index (χ3n) is 3.80. The summed E-state index contributed by atoms with van der Waals surface area (Å²) in [7, 11) is 0. The van der Waals surface area contributed by atoms with Gasteiger partial charge in [0.05, 0.1) is 28.2 Å². The number of aromatic nitrogens is 3. The second kappa shape index (κ2) is 7.68. The van der Waals surface area contributed by atoms with Gasteiger partial charge in [-0.2, -0.15) is 5.10 Å². The van der Waals surface area contributed by atoms with Crippen molar-refractivity contribution in [2.45, 2.75) is 19.4 Å². The Balaban J connectivity index is 1.62. The van der Waals surface area contributed by atoms with Gasteiger partial charge in [0.25, 0.3) is 0 Å². The van der Waals surface area contributed by atoms with Crippen molar-refractivity contribution in [1.29, 1.82) is 0 Å². The van der Waals surface area contributed by atoms with Crippen LogP contribution in [0.3, 0.4) is 0 Å². The minimum Gasteiger partial charge on any atom is -0.349 e. The van der Waals surface area contributed by atoms with Gasteiger partial charge in [-0.05, 0) is 42.3 Å². The number of rotatable bonds is 5. The minimum atomic E-state index is -0.111. The number of halogens is 2. The van der Waals surface area contributed by atoms with Crippen LogP contribution in [0.15, 0.2) is 55.1 Å². The number of amides is 1. The maximum absolute atomic E-state index is 12.2. The molecule has 0 saturated heterocycles. The molecule has 0 radical (unpaired) electrons. The highest BCUT2D eigenvalue weighted by Crippen LogP contribution is 2.23. The summed E-state index contributed by atoms with van der Waals surface area (Å²) in [6.07, 6.45) is 3.37. The predicted octanol–water partition coefficient (Wildman–Crippen LogP) is 3.99. The van der Waals surface area contributed by atoms with Crippen LogP contribution in [0.5, 0.6) is 0 Å². The van der Waals surface area contributed by atoms with Crippen LogP contribution in [0.25, 0.3) is 5.69 Å². The zero-order valence-corrected chi connectivity index (χ0v) is 15.0. The molecule has 0 fully saturated rings. The van der Waals surface area contributed by atoms with Gasteiger partial charge in [0.15, 0.2) is 0 Å². The molecule has 0 aliphatic heterocycles. The lowest BCUT2D eigenvalue weighted by Crippen LogP contribution is -2.28. The van der Waals surface area contributed by atoms with Gasteiger partial charge in [0, 0.05) is 0 Å². The zero-order valence-electron chi connectivity index (χ0n) is 13.5. The Hall–Kier alpha value is -2.37. The molecule has 0 aliphatic rings. The average Bonchev–Trinajstić information content (AvgIpc) is 3.13. The van der Waals surface area contributed by atoms with Gasteiger partial charge in [-0.25, -0.2) is 9.67 Å². The fourth-order valence-corrected chi connectivity index (χ4v) is 2.79. The molecular weight excluding hydrogens is 359 g/mol. The van der Waals surface area contributed by atoms with Gasteiger partial charge in [-0.15, -0.1) is 0 Å². The number of nitrogens with zero attached hydrogens (tertiary/aromatic N) is 3. The quantitative estimate of drug-likeness (QED) is 0.734. The van der Waals surface area contributed by atoms with Crippen LogP contribution >= 0.6 is 23.2 Å².